The lowest BCUT2D eigenvalue weighted by Crippen LogP contribution is -2.20. The molecule has 2 rings (SSSR count). The van der Waals surface area contributed by atoms with Crippen molar-refractivity contribution in [2.45, 2.75) is 25.8 Å². The van der Waals surface area contributed by atoms with Crippen molar-refractivity contribution in [2.75, 3.05) is 7.05 Å². The predicted octanol–water partition coefficient (Wildman–Crippen LogP) is 4.25. The van der Waals surface area contributed by atoms with E-state index in [0.717, 1.165) is 22.2 Å². The van der Waals surface area contributed by atoms with Gasteiger partial charge in [0.1, 0.15) is 11.6 Å². The van der Waals surface area contributed by atoms with Gasteiger partial charge in [-0.1, -0.05) is 28.9 Å². The van der Waals surface area contributed by atoms with Gasteiger partial charge in [-0.2, -0.15) is 0 Å². The van der Waals surface area contributed by atoms with Gasteiger partial charge >= 0.3 is 0 Å². The lowest BCUT2D eigenvalue weighted by atomic mass is 9.98. The first-order valence-corrected chi connectivity index (χ1v) is 7.12. The Hall–Kier alpha value is -1.13. The third-order valence-electron chi connectivity index (χ3n) is 3.26. The number of nitrogens with one attached hydrogen (secondary N) is 1. The molecule has 0 radical (unpaired) electrons. The van der Waals surface area contributed by atoms with Crippen LogP contribution in [-0.4, -0.2) is 7.05 Å². The fraction of sp³-hybridized carbons (Fsp3) is 0.333. The third kappa shape index (κ3) is 3.25. The van der Waals surface area contributed by atoms with Gasteiger partial charge in [0.05, 0.1) is 6.26 Å². The summed E-state index contributed by atoms with van der Waals surface area (Å²) in [5.74, 6) is 0.771. The highest BCUT2D eigenvalue weighted by molar-refractivity contribution is 9.10. The second kappa shape index (κ2) is 6.35. The lowest BCUT2D eigenvalue weighted by molar-refractivity contribution is 0.491. The molecule has 1 aromatic heterocycles. The van der Waals surface area contributed by atoms with Crippen LogP contribution >= 0.6 is 15.9 Å². The van der Waals surface area contributed by atoms with Gasteiger partial charge in [0.25, 0.3) is 0 Å². The van der Waals surface area contributed by atoms with Gasteiger partial charge in [-0.15, -0.1) is 0 Å². The van der Waals surface area contributed by atoms with Crippen LogP contribution in [0, 0.1) is 5.82 Å². The summed E-state index contributed by atoms with van der Waals surface area (Å²) in [7, 11) is 1.88. The van der Waals surface area contributed by atoms with Crippen LogP contribution in [0.2, 0.25) is 0 Å². The summed E-state index contributed by atoms with van der Waals surface area (Å²) in [4.78, 5) is 0. The lowest BCUT2D eigenvalue weighted by Gasteiger charge is -2.16. The van der Waals surface area contributed by atoms with E-state index in [9.17, 15) is 4.39 Å². The zero-order valence-corrected chi connectivity index (χ0v) is 12.6. The fourth-order valence-electron chi connectivity index (χ4n) is 2.22. The van der Waals surface area contributed by atoms with Gasteiger partial charge in [-0.05, 0) is 37.2 Å². The van der Waals surface area contributed by atoms with E-state index in [2.05, 4.69) is 28.2 Å². The van der Waals surface area contributed by atoms with Crippen LogP contribution in [0.15, 0.2) is 39.4 Å². The first-order valence-electron chi connectivity index (χ1n) is 6.33. The van der Waals surface area contributed by atoms with E-state index in [0.29, 0.717) is 12.0 Å². The van der Waals surface area contributed by atoms with Crippen molar-refractivity contribution in [3.8, 4) is 0 Å². The van der Waals surface area contributed by atoms with E-state index in [4.69, 9.17) is 4.42 Å². The molecule has 0 amide bonds. The molecule has 0 aliphatic heterocycles. The van der Waals surface area contributed by atoms with E-state index in [1.807, 2.05) is 25.2 Å². The van der Waals surface area contributed by atoms with Gasteiger partial charge in [0.15, 0.2) is 0 Å². The average Bonchev–Trinajstić information content (AvgIpc) is 2.86. The molecule has 0 saturated heterocycles. The number of likely N-dealkylation sites (N-methyl/N-ethyl adjacent to an activating group) is 1. The first-order chi connectivity index (χ1) is 9.15. The van der Waals surface area contributed by atoms with E-state index in [1.165, 1.54) is 6.07 Å². The van der Waals surface area contributed by atoms with Crippen LogP contribution in [-0.2, 0) is 12.8 Å². The number of halogens is 2. The summed E-state index contributed by atoms with van der Waals surface area (Å²) in [6.45, 7) is 2.05. The van der Waals surface area contributed by atoms with E-state index < -0.39 is 0 Å². The Kier molecular flexibility index (Phi) is 4.77. The summed E-state index contributed by atoms with van der Waals surface area (Å²) in [5.41, 5.74) is 1.80. The molecule has 0 saturated carbocycles. The topological polar surface area (TPSA) is 25.2 Å². The number of aryl methyl sites for hydroxylation is 1. The average molecular weight is 326 g/mol. The standard InChI is InChI=1S/C15H17BrFNO/c1-3-15-12(6-7-19-15)14(18-2)8-10-4-5-11(16)9-13(10)17/h4-7,9,14,18H,3,8H2,1-2H3. The Morgan fingerprint density at radius 2 is 2.16 bits per heavy atom. The number of furan rings is 1. The zero-order valence-electron chi connectivity index (χ0n) is 11.0. The predicted molar refractivity (Wildman–Crippen MR) is 77.7 cm³/mol. The van der Waals surface area contributed by atoms with Crippen LogP contribution in [0.5, 0.6) is 0 Å². The first kappa shape index (κ1) is 14.3. The van der Waals surface area contributed by atoms with Gasteiger partial charge in [0.2, 0.25) is 0 Å². The molecule has 0 spiro atoms. The fourth-order valence-corrected chi connectivity index (χ4v) is 2.56. The summed E-state index contributed by atoms with van der Waals surface area (Å²) >= 11 is 3.27. The van der Waals surface area contributed by atoms with Gasteiger partial charge < -0.3 is 9.73 Å². The van der Waals surface area contributed by atoms with Crippen molar-refractivity contribution in [1.29, 1.82) is 0 Å². The maximum Gasteiger partial charge on any atom is 0.127 e. The van der Waals surface area contributed by atoms with Crippen LogP contribution < -0.4 is 5.32 Å². The largest absolute Gasteiger partial charge is 0.469 e. The molecule has 1 heterocycles. The van der Waals surface area contributed by atoms with Crippen LogP contribution in [0.25, 0.3) is 0 Å². The summed E-state index contributed by atoms with van der Waals surface area (Å²) in [6, 6.07) is 7.19. The van der Waals surface area contributed by atoms with E-state index in [1.54, 1.807) is 6.26 Å². The Balaban J connectivity index is 2.24. The third-order valence-corrected chi connectivity index (χ3v) is 3.76. The van der Waals surface area contributed by atoms with Crippen molar-refractivity contribution in [3.05, 3.63) is 57.7 Å². The molecule has 0 bridgehead atoms. The van der Waals surface area contributed by atoms with Crippen LogP contribution in [0.3, 0.4) is 0 Å². The molecule has 1 unspecified atom stereocenters. The molecule has 2 aromatic rings. The Morgan fingerprint density at radius 1 is 1.37 bits per heavy atom. The van der Waals surface area contributed by atoms with Crippen LogP contribution in [0.4, 0.5) is 4.39 Å². The number of hydrogen-bond acceptors (Lipinski definition) is 2. The highest BCUT2D eigenvalue weighted by atomic mass is 79.9. The summed E-state index contributed by atoms with van der Waals surface area (Å²) in [5, 5.41) is 3.23. The van der Waals surface area contributed by atoms with Crippen molar-refractivity contribution in [2.24, 2.45) is 0 Å². The van der Waals surface area contributed by atoms with Crippen LogP contribution in [0.1, 0.15) is 29.9 Å². The minimum Gasteiger partial charge on any atom is -0.469 e. The quantitative estimate of drug-likeness (QED) is 0.889. The number of rotatable bonds is 5. The second-order valence-electron chi connectivity index (χ2n) is 4.43. The molecule has 19 heavy (non-hydrogen) atoms. The molecule has 0 aliphatic rings. The van der Waals surface area contributed by atoms with Crippen molar-refractivity contribution < 1.29 is 8.81 Å². The Labute approximate surface area is 121 Å². The Bertz CT molecular complexity index is 553. The molecule has 1 atom stereocenters. The molecule has 0 fully saturated rings. The second-order valence-corrected chi connectivity index (χ2v) is 5.35. The monoisotopic (exact) mass is 325 g/mol. The molecular weight excluding hydrogens is 309 g/mol. The molecular formula is C15H17BrFNO. The summed E-state index contributed by atoms with van der Waals surface area (Å²) in [6.07, 6.45) is 3.13. The smallest absolute Gasteiger partial charge is 0.127 e. The number of benzene rings is 1. The maximum absolute atomic E-state index is 13.9. The van der Waals surface area contributed by atoms with E-state index in [-0.39, 0.29) is 11.9 Å². The van der Waals surface area contributed by atoms with Gasteiger partial charge in [-0.3, -0.25) is 0 Å². The van der Waals surface area contributed by atoms with E-state index >= 15 is 0 Å². The minimum atomic E-state index is -0.184. The zero-order chi connectivity index (χ0) is 13.8. The number of hydrogen-bond donors (Lipinski definition) is 1. The van der Waals surface area contributed by atoms with Crippen molar-refractivity contribution >= 4 is 15.9 Å². The SMILES string of the molecule is CCc1occc1C(Cc1ccc(Br)cc1F)NC. The highest BCUT2D eigenvalue weighted by Crippen LogP contribution is 2.25. The van der Waals surface area contributed by atoms with Gasteiger partial charge in [0, 0.05) is 22.5 Å². The molecule has 4 heteroatoms. The molecule has 102 valence electrons. The van der Waals surface area contributed by atoms with Crippen molar-refractivity contribution in [1.82, 2.24) is 5.32 Å². The molecule has 0 aliphatic carbocycles. The maximum atomic E-state index is 13.9. The normalized spacial score (nSPS) is 12.6. The Morgan fingerprint density at radius 3 is 2.79 bits per heavy atom. The minimum absolute atomic E-state index is 0.0596. The van der Waals surface area contributed by atoms with Gasteiger partial charge in [-0.25, -0.2) is 4.39 Å². The molecule has 2 nitrogen and oxygen atoms in total. The summed E-state index contributed by atoms with van der Waals surface area (Å²) < 4.78 is 20.1. The molecule has 1 aromatic carbocycles. The van der Waals surface area contributed by atoms with Crippen molar-refractivity contribution in [3.63, 3.8) is 0 Å². The molecule has 1 N–H and O–H groups in total. The highest BCUT2D eigenvalue weighted by Gasteiger charge is 2.17.